The molecule has 7 heteroatoms. The summed E-state index contributed by atoms with van der Waals surface area (Å²) >= 11 is 0. The van der Waals surface area contributed by atoms with Crippen molar-refractivity contribution in [2.24, 2.45) is 0 Å². The fourth-order valence-electron chi connectivity index (χ4n) is 1.35. The van der Waals surface area contributed by atoms with Crippen LogP contribution in [0.4, 0.5) is 0 Å². The summed E-state index contributed by atoms with van der Waals surface area (Å²) in [6, 6.07) is 3.13. The second-order valence-corrected chi connectivity index (χ2v) is 3.45. The van der Waals surface area contributed by atoms with Crippen molar-refractivity contribution in [1.29, 1.82) is 5.41 Å². The summed E-state index contributed by atoms with van der Waals surface area (Å²) in [5.74, 6) is -1.28. The number of likely N-dealkylation sites (N-methyl/N-ethyl adjacent to an activating group) is 1. The van der Waals surface area contributed by atoms with Crippen LogP contribution in [0.3, 0.4) is 0 Å². The average Bonchev–Trinajstić information content (AvgIpc) is 2.57. The van der Waals surface area contributed by atoms with Gasteiger partial charge in [-0.2, -0.15) is 0 Å². The molecule has 1 aliphatic rings. The van der Waals surface area contributed by atoms with Gasteiger partial charge in [-0.25, -0.2) is 4.79 Å². The summed E-state index contributed by atoms with van der Waals surface area (Å²) in [6.45, 7) is 0. The number of nitrogens with zero attached hydrogens (tertiary/aromatic N) is 2. The summed E-state index contributed by atoms with van der Waals surface area (Å²) in [7, 11) is 1.49. The quantitative estimate of drug-likeness (QED) is 0.676. The molecule has 0 aliphatic carbocycles. The van der Waals surface area contributed by atoms with Crippen LogP contribution in [-0.2, 0) is 9.53 Å². The van der Waals surface area contributed by atoms with Gasteiger partial charge in [0.25, 0.3) is 12.1 Å². The van der Waals surface area contributed by atoms with Crippen LogP contribution in [-0.4, -0.2) is 41.0 Å². The zero-order chi connectivity index (χ0) is 12.4. The van der Waals surface area contributed by atoms with Crippen molar-refractivity contribution in [3.05, 3.63) is 30.1 Å². The Morgan fingerprint density at radius 1 is 1.65 bits per heavy atom. The molecule has 2 N–H and O–H groups in total. The molecule has 1 amide bonds. The van der Waals surface area contributed by atoms with Gasteiger partial charge in [-0.1, -0.05) is 0 Å². The van der Waals surface area contributed by atoms with Crippen LogP contribution in [0.25, 0.3) is 0 Å². The Hall–Kier alpha value is -2.44. The Morgan fingerprint density at radius 3 is 2.94 bits per heavy atom. The maximum Gasteiger partial charge on any atom is 0.342 e. The molecule has 2 heterocycles. The van der Waals surface area contributed by atoms with E-state index in [1.165, 1.54) is 30.4 Å². The predicted octanol–water partition coefficient (Wildman–Crippen LogP) is -0.439. The van der Waals surface area contributed by atoms with Gasteiger partial charge in [-0.05, 0) is 12.1 Å². The molecule has 1 atom stereocenters. The van der Waals surface area contributed by atoms with Crippen molar-refractivity contribution in [2.45, 2.75) is 6.23 Å². The van der Waals surface area contributed by atoms with E-state index in [1.54, 1.807) is 6.07 Å². The van der Waals surface area contributed by atoms with Gasteiger partial charge in [-0.3, -0.25) is 20.5 Å². The van der Waals surface area contributed by atoms with Gasteiger partial charge in [0.2, 0.25) is 5.96 Å². The number of amides is 1. The summed E-state index contributed by atoms with van der Waals surface area (Å²) < 4.78 is 4.99. The smallest absolute Gasteiger partial charge is 0.342 e. The van der Waals surface area contributed by atoms with Crippen LogP contribution in [0.1, 0.15) is 10.4 Å². The number of aromatic nitrogens is 1. The first-order chi connectivity index (χ1) is 8.09. The van der Waals surface area contributed by atoms with Gasteiger partial charge in [-0.15, -0.1) is 0 Å². The first kappa shape index (κ1) is 11.1. The largest absolute Gasteiger partial charge is 0.428 e. The highest BCUT2D eigenvalue weighted by Crippen LogP contribution is 2.09. The molecule has 1 aliphatic heterocycles. The molecule has 1 unspecified atom stereocenters. The molecule has 0 saturated carbocycles. The number of nitrogens with one attached hydrogen (secondary N) is 2. The highest BCUT2D eigenvalue weighted by atomic mass is 16.6. The van der Waals surface area contributed by atoms with E-state index in [2.05, 4.69) is 10.3 Å². The van der Waals surface area contributed by atoms with Gasteiger partial charge in [0.15, 0.2) is 0 Å². The molecule has 0 bridgehead atoms. The minimum Gasteiger partial charge on any atom is -0.428 e. The highest BCUT2D eigenvalue weighted by molar-refractivity contribution is 6.05. The summed E-state index contributed by atoms with van der Waals surface area (Å²) in [5, 5.41) is 9.61. The molecule has 1 fully saturated rings. The SMILES string of the molecule is CN1C(=N)NC(=O)C1OC(=O)c1cccnc1. The number of carbonyl (C=O) groups is 2. The molecule has 1 aromatic rings. The maximum absolute atomic E-state index is 11.7. The Bertz CT molecular complexity index is 474. The fourth-order valence-corrected chi connectivity index (χ4v) is 1.35. The van der Waals surface area contributed by atoms with Gasteiger partial charge in [0.05, 0.1) is 5.56 Å². The molecule has 0 aromatic carbocycles. The van der Waals surface area contributed by atoms with E-state index < -0.39 is 18.1 Å². The van der Waals surface area contributed by atoms with E-state index >= 15 is 0 Å². The minimum atomic E-state index is -1.10. The zero-order valence-electron chi connectivity index (χ0n) is 9.01. The van der Waals surface area contributed by atoms with E-state index in [4.69, 9.17) is 10.1 Å². The molecule has 17 heavy (non-hydrogen) atoms. The maximum atomic E-state index is 11.7. The molecule has 1 saturated heterocycles. The number of guanidine groups is 1. The number of pyridine rings is 1. The number of hydrogen-bond donors (Lipinski definition) is 2. The van der Waals surface area contributed by atoms with Gasteiger partial charge in [0, 0.05) is 19.4 Å². The normalized spacial score (nSPS) is 19.1. The number of carbonyl (C=O) groups excluding carboxylic acids is 2. The number of rotatable bonds is 2. The fraction of sp³-hybridized carbons (Fsp3) is 0.200. The molecule has 0 spiro atoms. The first-order valence-corrected chi connectivity index (χ1v) is 4.83. The summed E-state index contributed by atoms with van der Waals surface area (Å²) in [4.78, 5) is 28.0. The third-order valence-electron chi connectivity index (χ3n) is 2.29. The molecular weight excluding hydrogens is 224 g/mol. The Balaban J connectivity index is 2.10. The van der Waals surface area contributed by atoms with Crippen molar-refractivity contribution in [2.75, 3.05) is 7.05 Å². The minimum absolute atomic E-state index is 0.0982. The Labute approximate surface area is 96.9 Å². The van der Waals surface area contributed by atoms with Gasteiger partial charge < -0.3 is 9.64 Å². The molecular formula is C10H10N4O3. The lowest BCUT2D eigenvalue weighted by molar-refractivity contribution is -0.130. The standard InChI is InChI=1S/C10H10N4O3/c1-14-8(7(15)13-10(14)11)17-9(16)6-3-2-4-12-5-6/h2-5,8H,1H3,(H2,11,13,15). The lowest BCUT2D eigenvalue weighted by atomic mass is 10.3. The van der Waals surface area contributed by atoms with Crippen molar-refractivity contribution < 1.29 is 14.3 Å². The molecule has 7 nitrogen and oxygen atoms in total. The van der Waals surface area contributed by atoms with Gasteiger partial charge in [0.1, 0.15) is 0 Å². The Morgan fingerprint density at radius 2 is 2.41 bits per heavy atom. The van der Waals surface area contributed by atoms with Crippen LogP contribution in [0.2, 0.25) is 0 Å². The molecule has 0 radical (unpaired) electrons. The summed E-state index contributed by atoms with van der Waals surface area (Å²) in [5.41, 5.74) is 0.257. The summed E-state index contributed by atoms with van der Waals surface area (Å²) in [6.07, 6.45) is 1.77. The van der Waals surface area contributed by atoms with Crippen LogP contribution >= 0.6 is 0 Å². The van der Waals surface area contributed by atoms with Crippen LogP contribution < -0.4 is 5.32 Å². The first-order valence-electron chi connectivity index (χ1n) is 4.83. The van der Waals surface area contributed by atoms with E-state index in [0.29, 0.717) is 0 Å². The second kappa shape index (κ2) is 4.20. The van der Waals surface area contributed by atoms with E-state index in [1.807, 2.05) is 0 Å². The zero-order valence-corrected chi connectivity index (χ0v) is 9.01. The Kier molecular flexibility index (Phi) is 2.73. The molecule has 2 rings (SSSR count). The number of ether oxygens (including phenoxy) is 1. The predicted molar refractivity (Wildman–Crippen MR) is 57.1 cm³/mol. The number of esters is 1. The lowest BCUT2D eigenvalue weighted by Gasteiger charge is -2.17. The van der Waals surface area contributed by atoms with Crippen LogP contribution in [0.5, 0.6) is 0 Å². The van der Waals surface area contributed by atoms with Crippen LogP contribution in [0.15, 0.2) is 24.5 Å². The lowest BCUT2D eigenvalue weighted by Crippen LogP contribution is -2.36. The van der Waals surface area contributed by atoms with Gasteiger partial charge >= 0.3 is 5.97 Å². The van der Waals surface area contributed by atoms with Crippen LogP contribution in [0, 0.1) is 5.41 Å². The highest BCUT2D eigenvalue weighted by Gasteiger charge is 2.36. The third-order valence-corrected chi connectivity index (χ3v) is 2.29. The third kappa shape index (κ3) is 2.07. The number of hydrogen-bond acceptors (Lipinski definition) is 5. The average molecular weight is 234 g/mol. The van der Waals surface area contributed by atoms with Crippen molar-refractivity contribution in [3.63, 3.8) is 0 Å². The van der Waals surface area contributed by atoms with E-state index in [-0.39, 0.29) is 11.5 Å². The van der Waals surface area contributed by atoms with Crippen molar-refractivity contribution >= 4 is 17.8 Å². The monoisotopic (exact) mass is 234 g/mol. The topological polar surface area (TPSA) is 95.4 Å². The van der Waals surface area contributed by atoms with E-state index in [9.17, 15) is 9.59 Å². The van der Waals surface area contributed by atoms with Crippen molar-refractivity contribution in [1.82, 2.24) is 15.2 Å². The second-order valence-electron chi connectivity index (χ2n) is 3.45. The van der Waals surface area contributed by atoms with Crippen molar-refractivity contribution in [3.8, 4) is 0 Å². The van der Waals surface area contributed by atoms with E-state index in [0.717, 1.165) is 0 Å². The molecule has 1 aromatic heterocycles. The molecule has 88 valence electrons.